The Balaban J connectivity index is 2.20. The van der Waals surface area contributed by atoms with E-state index in [9.17, 15) is 0 Å². The minimum atomic E-state index is 0.135. The van der Waals surface area contributed by atoms with Crippen LogP contribution in [-0.4, -0.2) is 49.3 Å². The molecular formula is C13H26N6. The van der Waals surface area contributed by atoms with Crippen LogP contribution >= 0.6 is 0 Å². The largest absolute Gasteiger partial charge is 0.309 e. The van der Waals surface area contributed by atoms with Crippen molar-refractivity contribution in [3.63, 3.8) is 0 Å². The zero-order valence-corrected chi connectivity index (χ0v) is 12.8. The Morgan fingerprint density at radius 1 is 1.26 bits per heavy atom. The first-order chi connectivity index (χ1) is 8.91. The molecule has 0 radical (unpaired) electrons. The van der Waals surface area contributed by atoms with E-state index in [-0.39, 0.29) is 11.1 Å². The lowest BCUT2D eigenvalue weighted by Gasteiger charge is -2.52. The van der Waals surface area contributed by atoms with Crippen molar-refractivity contribution in [1.29, 1.82) is 0 Å². The Kier molecular flexibility index (Phi) is 3.92. The number of nitrogens with zero attached hydrogens (tertiary/aromatic N) is 5. The Morgan fingerprint density at radius 2 is 1.95 bits per heavy atom. The second-order valence-corrected chi connectivity index (χ2v) is 6.22. The topological polar surface area (TPSA) is 58.9 Å². The molecule has 108 valence electrons. The molecule has 1 saturated heterocycles. The summed E-state index contributed by atoms with van der Waals surface area (Å²) in [4.78, 5) is 4.06. The van der Waals surface area contributed by atoms with E-state index < -0.39 is 0 Å². The van der Waals surface area contributed by atoms with Crippen LogP contribution < -0.4 is 5.32 Å². The summed E-state index contributed by atoms with van der Waals surface area (Å²) in [7, 11) is 1.81. The third-order valence-corrected chi connectivity index (χ3v) is 4.35. The number of hydrogen-bond donors (Lipinski definition) is 1. The fraction of sp³-hybridized carbons (Fsp3) is 0.923. The van der Waals surface area contributed by atoms with E-state index >= 15 is 0 Å². The lowest BCUT2D eigenvalue weighted by Crippen LogP contribution is -2.67. The van der Waals surface area contributed by atoms with Gasteiger partial charge < -0.3 is 5.32 Å². The van der Waals surface area contributed by atoms with Gasteiger partial charge in [-0.1, -0.05) is 13.8 Å². The molecule has 0 saturated carbocycles. The van der Waals surface area contributed by atoms with Gasteiger partial charge in [-0.25, -0.2) is 0 Å². The highest BCUT2D eigenvalue weighted by atomic mass is 15.6. The molecule has 2 rings (SSSR count). The first kappa shape index (κ1) is 14.4. The molecule has 2 heterocycles. The predicted octanol–water partition coefficient (Wildman–Crippen LogP) is 0.953. The Hall–Kier alpha value is -1.01. The molecule has 0 bridgehead atoms. The average molecular weight is 266 g/mol. The molecule has 0 spiro atoms. The van der Waals surface area contributed by atoms with Crippen molar-refractivity contribution >= 4 is 0 Å². The lowest BCUT2D eigenvalue weighted by atomic mass is 9.84. The number of aryl methyl sites for hydroxylation is 1. The number of rotatable bonds is 4. The van der Waals surface area contributed by atoms with Crippen LogP contribution in [0.15, 0.2) is 0 Å². The summed E-state index contributed by atoms with van der Waals surface area (Å²) in [5, 5.41) is 16.1. The molecule has 0 unspecified atom stereocenters. The van der Waals surface area contributed by atoms with Gasteiger partial charge in [0.15, 0.2) is 5.82 Å². The highest BCUT2D eigenvalue weighted by molar-refractivity contribution is 5.02. The van der Waals surface area contributed by atoms with Gasteiger partial charge in [0.2, 0.25) is 0 Å². The maximum atomic E-state index is 4.32. The van der Waals surface area contributed by atoms with E-state index in [2.05, 4.69) is 53.3 Å². The summed E-state index contributed by atoms with van der Waals surface area (Å²) in [5.41, 5.74) is 0.338. The van der Waals surface area contributed by atoms with Gasteiger partial charge in [-0.05, 0) is 31.9 Å². The van der Waals surface area contributed by atoms with Gasteiger partial charge in [-0.15, -0.1) is 10.2 Å². The molecule has 1 fully saturated rings. The fourth-order valence-electron chi connectivity index (χ4n) is 2.94. The minimum Gasteiger partial charge on any atom is -0.309 e. The summed E-state index contributed by atoms with van der Waals surface area (Å²) < 4.78 is 0. The van der Waals surface area contributed by atoms with Crippen LogP contribution in [0.25, 0.3) is 0 Å². The molecule has 0 aromatic carbocycles. The third kappa shape index (κ3) is 2.95. The summed E-state index contributed by atoms with van der Waals surface area (Å²) in [5.74, 6) is 0.812. The van der Waals surface area contributed by atoms with Crippen LogP contribution in [0.5, 0.6) is 0 Å². The normalized spacial score (nSPS) is 22.6. The zero-order valence-electron chi connectivity index (χ0n) is 12.8. The van der Waals surface area contributed by atoms with Crippen LogP contribution in [0.2, 0.25) is 0 Å². The van der Waals surface area contributed by atoms with E-state index in [1.165, 1.54) is 4.80 Å². The maximum absolute atomic E-state index is 4.32. The summed E-state index contributed by atoms with van der Waals surface area (Å²) in [6, 6.07) is 0. The van der Waals surface area contributed by atoms with Gasteiger partial charge in [-0.2, -0.15) is 4.80 Å². The van der Waals surface area contributed by atoms with E-state index in [0.29, 0.717) is 0 Å². The third-order valence-electron chi connectivity index (χ3n) is 4.35. The van der Waals surface area contributed by atoms with E-state index in [4.69, 9.17) is 0 Å². The molecule has 1 aliphatic heterocycles. The second kappa shape index (κ2) is 5.17. The number of tetrazole rings is 1. The molecule has 1 N–H and O–H groups in total. The monoisotopic (exact) mass is 266 g/mol. The van der Waals surface area contributed by atoms with Gasteiger partial charge in [0.05, 0.1) is 13.6 Å². The Labute approximate surface area is 115 Å². The van der Waals surface area contributed by atoms with Crippen molar-refractivity contribution in [2.24, 2.45) is 7.05 Å². The molecule has 0 aliphatic carbocycles. The quantitative estimate of drug-likeness (QED) is 0.879. The molecule has 6 nitrogen and oxygen atoms in total. The van der Waals surface area contributed by atoms with Crippen LogP contribution in [0.1, 0.15) is 46.4 Å². The van der Waals surface area contributed by atoms with Crippen molar-refractivity contribution in [2.75, 3.05) is 13.1 Å². The smallest absolute Gasteiger partial charge is 0.188 e. The molecule has 1 aliphatic rings. The highest BCUT2D eigenvalue weighted by Crippen LogP contribution is 2.30. The number of aromatic nitrogens is 4. The van der Waals surface area contributed by atoms with Gasteiger partial charge >= 0.3 is 0 Å². The molecule has 0 atom stereocenters. The van der Waals surface area contributed by atoms with Crippen LogP contribution in [0.4, 0.5) is 0 Å². The lowest BCUT2D eigenvalue weighted by molar-refractivity contribution is 0.000468. The van der Waals surface area contributed by atoms with Crippen molar-refractivity contribution < 1.29 is 0 Å². The Morgan fingerprint density at radius 3 is 2.47 bits per heavy atom. The fourth-order valence-corrected chi connectivity index (χ4v) is 2.94. The first-order valence-electron chi connectivity index (χ1n) is 7.14. The van der Waals surface area contributed by atoms with E-state index in [1.807, 2.05) is 7.05 Å². The number of piperazine rings is 1. The van der Waals surface area contributed by atoms with E-state index in [1.54, 1.807) is 0 Å². The van der Waals surface area contributed by atoms with Crippen molar-refractivity contribution in [2.45, 2.75) is 58.2 Å². The molecule has 1 aromatic heterocycles. The molecule has 6 heteroatoms. The van der Waals surface area contributed by atoms with Gasteiger partial charge in [0, 0.05) is 24.2 Å². The molecule has 19 heavy (non-hydrogen) atoms. The van der Waals surface area contributed by atoms with Gasteiger partial charge in [0.25, 0.3) is 0 Å². The van der Waals surface area contributed by atoms with Crippen molar-refractivity contribution in [1.82, 2.24) is 30.4 Å². The van der Waals surface area contributed by atoms with Crippen molar-refractivity contribution in [3.05, 3.63) is 5.82 Å². The maximum Gasteiger partial charge on any atom is 0.188 e. The molecule has 0 amide bonds. The number of hydrogen-bond acceptors (Lipinski definition) is 5. The van der Waals surface area contributed by atoms with Crippen LogP contribution in [-0.2, 0) is 13.6 Å². The Bertz CT molecular complexity index is 421. The summed E-state index contributed by atoms with van der Waals surface area (Å²) in [6.45, 7) is 11.8. The molecule has 1 aromatic rings. The summed E-state index contributed by atoms with van der Waals surface area (Å²) >= 11 is 0. The van der Waals surface area contributed by atoms with E-state index in [0.717, 1.165) is 38.3 Å². The van der Waals surface area contributed by atoms with Crippen molar-refractivity contribution in [3.8, 4) is 0 Å². The highest BCUT2D eigenvalue weighted by Gasteiger charge is 2.42. The summed E-state index contributed by atoms with van der Waals surface area (Å²) in [6.07, 6.45) is 2.26. The SMILES string of the molecule is CCC1(CC)CNC(C)(C)CN1Cc1nnn(C)n1. The van der Waals surface area contributed by atoms with Crippen LogP contribution in [0, 0.1) is 0 Å². The molecular weight excluding hydrogens is 240 g/mol. The minimum absolute atomic E-state index is 0.135. The standard InChI is InChI=1S/C13H26N6/c1-6-13(7-2)9-14-12(3,4)10-19(13)8-11-15-17-18(5)16-11/h14H,6-10H2,1-5H3. The van der Waals surface area contributed by atoms with Crippen LogP contribution in [0.3, 0.4) is 0 Å². The zero-order chi connectivity index (χ0) is 14.1. The van der Waals surface area contributed by atoms with Gasteiger partial charge in [-0.3, -0.25) is 4.90 Å². The second-order valence-electron chi connectivity index (χ2n) is 6.22. The average Bonchev–Trinajstić information content (AvgIpc) is 2.75. The first-order valence-corrected chi connectivity index (χ1v) is 7.14. The van der Waals surface area contributed by atoms with Gasteiger partial charge in [0.1, 0.15) is 0 Å². The predicted molar refractivity (Wildman–Crippen MR) is 74.6 cm³/mol. The number of nitrogens with one attached hydrogen (secondary N) is 1.